The summed E-state index contributed by atoms with van der Waals surface area (Å²) >= 11 is 5.92. The molecule has 0 atom stereocenters. The Morgan fingerprint density at radius 3 is 2.53 bits per heavy atom. The minimum atomic E-state index is -4.71. The molecule has 2 N–H and O–H groups in total. The zero-order valence-electron chi connectivity index (χ0n) is 18.6. The summed E-state index contributed by atoms with van der Waals surface area (Å²) < 4.78 is 51.3. The van der Waals surface area contributed by atoms with Gasteiger partial charge < -0.3 is 24.5 Å². The van der Waals surface area contributed by atoms with E-state index in [1.54, 1.807) is 24.3 Å². The molecule has 0 unspecified atom stereocenters. The molecule has 36 heavy (non-hydrogen) atoms. The van der Waals surface area contributed by atoms with E-state index >= 15 is 0 Å². The summed E-state index contributed by atoms with van der Waals surface area (Å²) in [5.74, 6) is -2.59. The van der Waals surface area contributed by atoms with E-state index in [9.17, 15) is 22.8 Å². The van der Waals surface area contributed by atoms with Gasteiger partial charge in [-0.05, 0) is 30.3 Å². The second kappa shape index (κ2) is 10.2. The summed E-state index contributed by atoms with van der Waals surface area (Å²) in [5.41, 5.74) is 0.611. The van der Waals surface area contributed by atoms with Crippen molar-refractivity contribution in [3.8, 4) is 5.75 Å². The standard InChI is InChI=1S/C22H18ClF3N6O4/c1-35-16-7-6-12(23)10-13(16)18(33)27-8-9-28-19(34)20-30-17(31-36-20)11-32-15-5-3-2-4-14(15)29-21(32)22(24,25)26/h2-7,10H,8-9,11H2,1H3,(H,27,33)(H,28,34). The van der Waals surface area contributed by atoms with E-state index in [2.05, 4.69) is 25.8 Å². The first-order chi connectivity index (χ1) is 17.2. The molecule has 4 aromatic rings. The van der Waals surface area contributed by atoms with Gasteiger partial charge in [-0.25, -0.2) is 4.98 Å². The van der Waals surface area contributed by atoms with E-state index in [1.165, 1.54) is 25.3 Å². The maximum absolute atomic E-state index is 13.5. The summed E-state index contributed by atoms with van der Waals surface area (Å²) in [6.07, 6.45) is -4.71. The largest absolute Gasteiger partial charge is 0.496 e. The topological polar surface area (TPSA) is 124 Å². The van der Waals surface area contributed by atoms with Gasteiger partial charge in [-0.2, -0.15) is 18.2 Å². The molecule has 0 fully saturated rings. The molecule has 0 saturated carbocycles. The number of para-hydroxylation sites is 2. The second-order valence-corrected chi connectivity index (χ2v) is 7.82. The Bertz CT molecular complexity index is 1420. The van der Waals surface area contributed by atoms with Crippen molar-refractivity contribution in [3.63, 3.8) is 0 Å². The van der Waals surface area contributed by atoms with Crippen LogP contribution in [0.15, 0.2) is 47.0 Å². The number of benzene rings is 2. The second-order valence-electron chi connectivity index (χ2n) is 7.38. The number of aromatic nitrogens is 4. The fourth-order valence-electron chi connectivity index (χ4n) is 3.38. The number of rotatable bonds is 8. The number of nitrogens with zero attached hydrogens (tertiary/aromatic N) is 4. The van der Waals surface area contributed by atoms with Crippen molar-refractivity contribution in [1.82, 2.24) is 30.3 Å². The highest BCUT2D eigenvalue weighted by Gasteiger charge is 2.38. The van der Waals surface area contributed by atoms with Crippen molar-refractivity contribution in [2.24, 2.45) is 0 Å². The fourth-order valence-corrected chi connectivity index (χ4v) is 3.56. The average Bonchev–Trinajstić information content (AvgIpc) is 3.47. The molecule has 0 aliphatic heterocycles. The van der Waals surface area contributed by atoms with Gasteiger partial charge in [0, 0.05) is 18.1 Å². The molecule has 0 aliphatic carbocycles. The molecule has 2 heterocycles. The van der Waals surface area contributed by atoms with Crippen LogP contribution in [0.3, 0.4) is 0 Å². The molecule has 0 radical (unpaired) electrons. The van der Waals surface area contributed by atoms with Crippen LogP contribution in [0.1, 0.15) is 32.7 Å². The summed E-state index contributed by atoms with van der Waals surface area (Å²) in [7, 11) is 1.41. The van der Waals surface area contributed by atoms with Crippen LogP contribution >= 0.6 is 11.6 Å². The number of carbonyl (C=O) groups excluding carboxylic acids is 2. The van der Waals surface area contributed by atoms with E-state index in [0.29, 0.717) is 10.8 Å². The number of fused-ring (bicyclic) bond motifs is 1. The van der Waals surface area contributed by atoms with E-state index in [1.807, 2.05) is 0 Å². The van der Waals surface area contributed by atoms with Gasteiger partial charge in [0.15, 0.2) is 5.82 Å². The molecular formula is C22H18ClF3N6O4. The summed E-state index contributed by atoms with van der Waals surface area (Å²) in [5, 5.41) is 9.04. The lowest BCUT2D eigenvalue weighted by Crippen LogP contribution is -2.35. The molecule has 188 valence electrons. The number of alkyl halides is 3. The lowest BCUT2D eigenvalue weighted by Gasteiger charge is -2.10. The fraction of sp³-hybridized carbons (Fsp3) is 0.227. The molecule has 0 spiro atoms. The number of amides is 2. The number of hydrogen-bond acceptors (Lipinski definition) is 7. The third-order valence-corrected chi connectivity index (χ3v) is 5.21. The quantitative estimate of drug-likeness (QED) is 0.340. The first-order valence-corrected chi connectivity index (χ1v) is 10.8. The maximum Gasteiger partial charge on any atom is 0.449 e. The van der Waals surface area contributed by atoms with Crippen molar-refractivity contribution in [3.05, 3.63) is 70.6 Å². The number of methoxy groups -OCH3 is 1. The van der Waals surface area contributed by atoms with E-state index in [0.717, 1.165) is 4.57 Å². The number of nitrogens with one attached hydrogen (secondary N) is 2. The number of hydrogen-bond donors (Lipinski definition) is 2. The highest BCUT2D eigenvalue weighted by Crippen LogP contribution is 2.31. The SMILES string of the molecule is COc1ccc(Cl)cc1C(=O)NCCNC(=O)c1nc(Cn2c(C(F)(F)F)nc3ccccc32)no1. The van der Waals surface area contributed by atoms with Crippen molar-refractivity contribution in [1.29, 1.82) is 0 Å². The first-order valence-electron chi connectivity index (χ1n) is 10.4. The Morgan fingerprint density at radius 1 is 1.08 bits per heavy atom. The Hall–Kier alpha value is -4.13. The third-order valence-electron chi connectivity index (χ3n) is 4.97. The normalized spacial score (nSPS) is 11.5. The maximum atomic E-state index is 13.5. The summed E-state index contributed by atoms with van der Waals surface area (Å²) in [6, 6.07) is 10.7. The smallest absolute Gasteiger partial charge is 0.449 e. The zero-order chi connectivity index (χ0) is 25.9. The summed E-state index contributed by atoms with van der Waals surface area (Å²) in [4.78, 5) is 32.2. The molecule has 0 aliphatic rings. The molecule has 4 rings (SSSR count). The van der Waals surface area contributed by atoms with Gasteiger partial charge in [-0.15, -0.1) is 0 Å². The van der Waals surface area contributed by atoms with Crippen molar-refractivity contribution in [2.45, 2.75) is 12.7 Å². The lowest BCUT2D eigenvalue weighted by atomic mass is 10.2. The van der Waals surface area contributed by atoms with Gasteiger partial charge >= 0.3 is 18.0 Å². The Morgan fingerprint density at radius 2 is 1.81 bits per heavy atom. The monoisotopic (exact) mass is 522 g/mol. The molecule has 0 saturated heterocycles. The zero-order valence-corrected chi connectivity index (χ0v) is 19.4. The molecule has 10 nitrogen and oxygen atoms in total. The highest BCUT2D eigenvalue weighted by molar-refractivity contribution is 6.31. The molecule has 2 amide bonds. The van der Waals surface area contributed by atoms with Crippen LogP contribution in [0.4, 0.5) is 13.2 Å². The molecule has 14 heteroatoms. The minimum absolute atomic E-state index is 0.00947. The van der Waals surface area contributed by atoms with Gasteiger partial charge in [0.25, 0.3) is 5.91 Å². The Labute approximate surface area is 206 Å². The highest BCUT2D eigenvalue weighted by atomic mass is 35.5. The lowest BCUT2D eigenvalue weighted by molar-refractivity contribution is -0.146. The Balaban J connectivity index is 1.36. The van der Waals surface area contributed by atoms with Crippen LogP contribution in [0.25, 0.3) is 11.0 Å². The van der Waals surface area contributed by atoms with E-state index in [4.69, 9.17) is 20.9 Å². The predicted octanol–water partition coefficient (Wildman–Crippen LogP) is 3.31. The number of halogens is 4. The van der Waals surface area contributed by atoms with Crippen LogP contribution in [0, 0.1) is 0 Å². The van der Waals surface area contributed by atoms with Crippen LogP contribution in [-0.4, -0.2) is 51.7 Å². The van der Waals surface area contributed by atoms with Crippen LogP contribution in [0.5, 0.6) is 5.75 Å². The van der Waals surface area contributed by atoms with Crippen LogP contribution < -0.4 is 15.4 Å². The van der Waals surface area contributed by atoms with Crippen molar-refractivity contribution >= 4 is 34.4 Å². The molecule has 2 aromatic carbocycles. The van der Waals surface area contributed by atoms with E-state index < -0.39 is 36.3 Å². The summed E-state index contributed by atoms with van der Waals surface area (Å²) in [6.45, 7) is -0.351. The van der Waals surface area contributed by atoms with Gasteiger partial charge in [-0.1, -0.05) is 28.9 Å². The molecule has 2 aromatic heterocycles. The number of imidazole rings is 1. The number of carbonyl (C=O) groups is 2. The van der Waals surface area contributed by atoms with E-state index in [-0.39, 0.29) is 35.5 Å². The van der Waals surface area contributed by atoms with Crippen molar-refractivity contribution < 1.29 is 32.0 Å². The third kappa shape index (κ3) is 5.40. The number of ether oxygens (including phenoxy) is 1. The average molecular weight is 523 g/mol. The van der Waals surface area contributed by atoms with Gasteiger partial charge in [0.2, 0.25) is 5.82 Å². The molecular weight excluding hydrogens is 505 g/mol. The van der Waals surface area contributed by atoms with Crippen LogP contribution in [0.2, 0.25) is 5.02 Å². The Kier molecular flexibility index (Phi) is 7.10. The van der Waals surface area contributed by atoms with Gasteiger partial charge in [0.1, 0.15) is 5.75 Å². The first kappa shape index (κ1) is 25.0. The minimum Gasteiger partial charge on any atom is -0.496 e. The van der Waals surface area contributed by atoms with Crippen molar-refractivity contribution in [2.75, 3.05) is 20.2 Å². The van der Waals surface area contributed by atoms with Gasteiger partial charge in [-0.3, -0.25) is 9.59 Å². The predicted molar refractivity (Wildman–Crippen MR) is 121 cm³/mol. The van der Waals surface area contributed by atoms with Crippen LogP contribution in [-0.2, 0) is 12.7 Å². The van der Waals surface area contributed by atoms with Gasteiger partial charge in [0.05, 0.1) is 30.3 Å². The molecule has 0 bridgehead atoms.